The molecular formula is C21H25Cl2N3O2. The van der Waals surface area contributed by atoms with Crippen molar-refractivity contribution in [1.29, 1.82) is 0 Å². The third kappa shape index (κ3) is 6.67. The van der Waals surface area contributed by atoms with Gasteiger partial charge in [-0.15, -0.1) is 0 Å². The normalized spacial score (nSPS) is 14.6. The predicted molar refractivity (Wildman–Crippen MR) is 113 cm³/mol. The standard InChI is InChI=1S/C21H25Cl2N3O2/c22-19-11-16(12-20(23)13-19)5-6-24-21(27)25-14-17-3-1-2-4-18(17)15-26-7-9-28-10-8-26/h1-4,11-13H,5-10,14-15H2,(H2,24,25,27). The lowest BCUT2D eigenvalue weighted by atomic mass is 10.1. The Labute approximate surface area is 176 Å². The van der Waals surface area contributed by atoms with Crippen molar-refractivity contribution in [2.24, 2.45) is 0 Å². The fourth-order valence-corrected chi connectivity index (χ4v) is 3.77. The molecule has 150 valence electrons. The van der Waals surface area contributed by atoms with E-state index in [1.165, 1.54) is 5.56 Å². The summed E-state index contributed by atoms with van der Waals surface area (Å²) in [5.41, 5.74) is 3.36. The summed E-state index contributed by atoms with van der Waals surface area (Å²) in [6.45, 7) is 5.32. The van der Waals surface area contributed by atoms with Crippen LogP contribution in [-0.4, -0.2) is 43.8 Å². The molecule has 5 nitrogen and oxygen atoms in total. The number of hydrogen-bond acceptors (Lipinski definition) is 3. The lowest BCUT2D eigenvalue weighted by Crippen LogP contribution is -2.37. The van der Waals surface area contributed by atoms with Crippen molar-refractivity contribution in [1.82, 2.24) is 15.5 Å². The van der Waals surface area contributed by atoms with E-state index < -0.39 is 0 Å². The first-order valence-electron chi connectivity index (χ1n) is 9.44. The highest BCUT2D eigenvalue weighted by atomic mass is 35.5. The van der Waals surface area contributed by atoms with E-state index in [1.54, 1.807) is 6.07 Å². The number of nitrogens with one attached hydrogen (secondary N) is 2. The van der Waals surface area contributed by atoms with Crippen LogP contribution in [0.2, 0.25) is 10.0 Å². The van der Waals surface area contributed by atoms with E-state index in [9.17, 15) is 4.79 Å². The van der Waals surface area contributed by atoms with Gasteiger partial charge in [0.15, 0.2) is 0 Å². The van der Waals surface area contributed by atoms with E-state index in [0.29, 0.717) is 29.6 Å². The second-order valence-corrected chi connectivity index (χ2v) is 7.67. The summed E-state index contributed by atoms with van der Waals surface area (Å²) in [5, 5.41) is 7.02. The van der Waals surface area contributed by atoms with Crippen molar-refractivity contribution in [3.63, 3.8) is 0 Å². The lowest BCUT2D eigenvalue weighted by molar-refractivity contribution is 0.0341. The fraction of sp³-hybridized carbons (Fsp3) is 0.381. The minimum atomic E-state index is -0.186. The average Bonchev–Trinajstić information content (AvgIpc) is 2.67. The topological polar surface area (TPSA) is 53.6 Å². The second kappa shape index (κ2) is 10.7. The van der Waals surface area contributed by atoms with Crippen LogP contribution in [0, 0.1) is 0 Å². The molecule has 0 bridgehead atoms. The molecule has 28 heavy (non-hydrogen) atoms. The summed E-state index contributed by atoms with van der Waals surface area (Å²) in [6, 6.07) is 13.4. The number of ether oxygens (including phenoxy) is 1. The maximum absolute atomic E-state index is 12.1. The third-order valence-corrected chi connectivity index (χ3v) is 5.11. The summed E-state index contributed by atoms with van der Waals surface area (Å²) in [5.74, 6) is 0. The van der Waals surface area contributed by atoms with Gasteiger partial charge in [-0.05, 0) is 41.3 Å². The molecule has 0 radical (unpaired) electrons. The second-order valence-electron chi connectivity index (χ2n) is 6.79. The number of benzene rings is 2. The Balaban J connectivity index is 1.45. The van der Waals surface area contributed by atoms with Gasteiger partial charge in [0.2, 0.25) is 0 Å². The number of carbonyl (C=O) groups is 1. The van der Waals surface area contributed by atoms with Crippen LogP contribution in [0.1, 0.15) is 16.7 Å². The average molecular weight is 422 g/mol. The van der Waals surface area contributed by atoms with Crippen LogP contribution in [0.15, 0.2) is 42.5 Å². The fourth-order valence-electron chi connectivity index (χ4n) is 3.20. The molecule has 0 unspecified atom stereocenters. The molecule has 2 amide bonds. The maximum atomic E-state index is 12.1. The van der Waals surface area contributed by atoms with E-state index in [2.05, 4.69) is 27.7 Å². The molecule has 1 aliphatic rings. The van der Waals surface area contributed by atoms with E-state index in [-0.39, 0.29) is 6.03 Å². The zero-order chi connectivity index (χ0) is 19.8. The molecule has 1 aliphatic heterocycles. The molecule has 7 heteroatoms. The van der Waals surface area contributed by atoms with Crippen molar-refractivity contribution < 1.29 is 9.53 Å². The number of amides is 2. The minimum absolute atomic E-state index is 0.186. The van der Waals surface area contributed by atoms with E-state index in [1.807, 2.05) is 24.3 Å². The Hall–Kier alpha value is -1.79. The van der Waals surface area contributed by atoms with Gasteiger partial charge in [0, 0.05) is 42.8 Å². The highest BCUT2D eigenvalue weighted by Gasteiger charge is 2.13. The number of halogens is 2. The van der Waals surface area contributed by atoms with Crippen LogP contribution in [0.4, 0.5) is 4.79 Å². The first kappa shape index (κ1) is 20.9. The zero-order valence-corrected chi connectivity index (χ0v) is 17.2. The monoisotopic (exact) mass is 421 g/mol. The molecule has 2 aromatic rings. The van der Waals surface area contributed by atoms with Crippen molar-refractivity contribution >= 4 is 29.2 Å². The molecule has 0 atom stereocenters. The molecule has 1 saturated heterocycles. The summed E-state index contributed by atoms with van der Waals surface area (Å²) in [6.07, 6.45) is 0.668. The number of nitrogens with zero attached hydrogens (tertiary/aromatic N) is 1. The lowest BCUT2D eigenvalue weighted by Gasteiger charge is -2.27. The highest BCUT2D eigenvalue weighted by Crippen LogP contribution is 2.19. The summed E-state index contributed by atoms with van der Waals surface area (Å²) in [4.78, 5) is 14.5. The molecule has 2 aromatic carbocycles. The van der Waals surface area contributed by atoms with Crippen LogP contribution in [0.25, 0.3) is 0 Å². The quantitative estimate of drug-likeness (QED) is 0.713. The number of rotatable bonds is 7. The van der Waals surface area contributed by atoms with Gasteiger partial charge in [0.1, 0.15) is 0 Å². The van der Waals surface area contributed by atoms with E-state index in [0.717, 1.165) is 44.0 Å². The Bertz CT molecular complexity index is 775. The Morgan fingerprint density at radius 1 is 1.00 bits per heavy atom. The molecular weight excluding hydrogens is 397 g/mol. The van der Waals surface area contributed by atoms with Crippen molar-refractivity contribution in [3.05, 3.63) is 69.2 Å². The van der Waals surface area contributed by atoms with Crippen LogP contribution in [0.5, 0.6) is 0 Å². The van der Waals surface area contributed by atoms with Crippen LogP contribution >= 0.6 is 23.2 Å². The van der Waals surface area contributed by atoms with Crippen molar-refractivity contribution in [3.8, 4) is 0 Å². The Morgan fingerprint density at radius 3 is 2.39 bits per heavy atom. The molecule has 0 saturated carbocycles. The highest BCUT2D eigenvalue weighted by molar-refractivity contribution is 6.34. The van der Waals surface area contributed by atoms with Crippen molar-refractivity contribution in [2.75, 3.05) is 32.8 Å². The number of urea groups is 1. The van der Waals surface area contributed by atoms with Crippen molar-refractivity contribution in [2.45, 2.75) is 19.5 Å². The number of hydrogen-bond donors (Lipinski definition) is 2. The first-order valence-corrected chi connectivity index (χ1v) is 10.2. The van der Waals surface area contributed by atoms with Crippen LogP contribution in [-0.2, 0) is 24.2 Å². The Kier molecular flexibility index (Phi) is 7.98. The van der Waals surface area contributed by atoms with E-state index in [4.69, 9.17) is 27.9 Å². The van der Waals surface area contributed by atoms with Gasteiger partial charge in [-0.3, -0.25) is 4.90 Å². The van der Waals surface area contributed by atoms with Gasteiger partial charge < -0.3 is 15.4 Å². The van der Waals surface area contributed by atoms with Gasteiger partial charge in [0.05, 0.1) is 13.2 Å². The largest absolute Gasteiger partial charge is 0.379 e. The SMILES string of the molecule is O=C(NCCc1cc(Cl)cc(Cl)c1)NCc1ccccc1CN1CCOCC1. The van der Waals surface area contributed by atoms with E-state index >= 15 is 0 Å². The van der Waals surface area contributed by atoms with Crippen LogP contribution in [0.3, 0.4) is 0 Å². The molecule has 0 aliphatic carbocycles. The van der Waals surface area contributed by atoms with Crippen LogP contribution < -0.4 is 10.6 Å². The maximum Gasteiger partial charge on any atom is 0.315 e. The van der Waals surface area contributed by atoms with Gasteiger partial charge in [-0.25, -0.2) is 4.79 Å². The number of carbonyl (C=O) groups excluding carboxylic acids is 1. The van der Waals surface area contributed by atoms with Gasteiger partial charge in [0.25, 0.3) is 0 Å². The summed E-state index contributed by atoms with van der Waals surface area (Å²) < 4.78 is 5.41. The third-order valence-electron chi connectivity index (χ3n) is 4.68. The Morgan fingerprint density at radius 2 is 1.68 bits per heavy atom. The molecule has 0 spiro atoms. The van der Waals surface area contributed by atoms with Gasteiger partial charge >= 0.3 is 6.03 Å². The molecule has 1 fully saturated rings. The first-order chi connectivity index (χ1) is 13.6. The predicted octanol–water partition coefficient (Wildman–Crippen LogP) is 3.87. The molecule has 1 heterocycles. The zero-order valence-electron chi connectivity index (χ0n) is 15.7. The molecule has 0 aromatic heterocycles. The smallest absolute Gasteiger partial charge is 0.315 e. The van der Waals surface area contributed by atoms with Gasteiger partial charge in [-0.1, -0.05) is 47.5 Å². The number of morpholine rings is 1. The van der Waals surface area contributed by atoms with Gasteiger partial charge in [-0.2, -0.15) is 0 Å². The molecule has 3 rings (SSSR count). The minimum Gasteiger partial charge on any atom is -0.379 e. The summed E-state index contributed by atoms with van der Waals surface area (Å²) in [7, 11) is 0. The molecule has 2 N–H and O–H groups in total. The summed E-state index contributed by atoms with van der Waals surface area (Å²) >= 11 is 12.0.